The number of carboxylic acids is 1. The molecule has 0 radical (unpaired) electrons. The van der Waals surface area contributed by atoms with Crippen LogP contribution in [0.15, 0.2) is 84.9 Å². The van der Waals surface area contributed by atoms with Crippen molar-refractivity contribution in [3.05, 3.63) is 107 Å². The van der Waals surface area contributed by atoms with Gasteiger partial charge in [0.05, 0.1) is 6.04 Å². The van der Waals surface area contributed by atoms with Crippen LogP contribution in [-0.4, -0.2) is 11.1 Å². The number of hydrogen-bond acceptors (Lipinski definition) is 2. The molecule has 0 aliphatic carbocycles. The highest BCUT2D eigenvalue weighted by molar-refractivity contribution is 6.31. The number of hydrogen-bond donors (Lipinski definition) is 2. The maximum absolute atomic E-state index is 11.9. The van der Waals surface area contributed by atoms with Crippen LogP contribution in [0.5, 0.6) is 0 Å². The van der Waals surface area contributed by atoms with Gasteiger partial charge in [-0.25, -0.2) is 0 Å². The van der Waals surface area contributed by atoms with Crippen LogP contribution < -0.4 is 5.32 Å². The number of aliphatic carboxylic acids is 1. The van der Waals surface area contributed by atoms with E-state index < -0.39 is 12.0 Å². The van der Waals surface area contributed by atoms with Gasteiger partial charge in [-0.05, 0) is 22.8 Å². The fraction of sp³-hybridized carbons (Fsp3) is 0.0952. The molecular formula is C21H18ClNO2. The Morgan fingerprint density at radius 2 is 1.28 bits per heavy atom. The number of carbonyl (C=O) groups is 1. The van der Waals surface area contributed by atoms with Gasteiger partial charge in [0.2, 0.25) is 0 Å². The summed E-state index contributed by atoms with van der Waals surface area (Å²) in [4.78, 5) is 11.9. The quantitative estimate of drug-likeness (QED) is 0.667. The molecule has 25 heavy (non-hydrogen) atoms. The second-order valence-corrected chi connectivity index (χ2v) is 6.12. The average molecular weight is 352 g/mol. The maximum Gasteiger partial charge on any atom is 0.325 e. The van der Waals surface area contributed by atoms with E-state index in [2.05, 4.69) is 5.32 Å². The third kappa shape index (κ3) is 4.08. The summed E-state index contributed by atoms with van der Waals surface area (Å²) in [6, 6.07) is 25.4. The Morgan fingerprint density at radius 1 is 0.800 bits per heavy atom. The van der Waals surface area contributed by atoms with Gasteiger partial charge in [0, 0.05) is 5.02 Å². The summed E-state index contributed by atoms with van der Waals surface area (Å²) >= 11 is 6.24. The monoisotopic (exact) mass is 351 g/mol. The molecule has 1 unspecified atom stereocenters. The van der Waals surface area contributed by atoms with E-state index in [1.807, 2.05) is 60.7 Å². The van der Waals surface area contributed by atoms with Crippen molar-refractivity contribution in [1.82, 2.24) is 5.32 Å². The number of halogens is 1. The SMILES string of the molecule is O=C(O)C(NC(c1ccccc1)c1ccccc1)c1ccccc1Cl. The summed E-state index contributed by atoms with van der Waals surface area (Å²) in [5.41, 5.74) is 2.53. The summed E-state index contributed by atoms with van der Waals surface area (Å²) in [5, 5.41) is 13.5. The average Bonchev–Trinajstić information content (AvgIpc) is 2.65. The Morgan fingerprint density at radius 3 is 1.76 bits per heavy atom. The molecule has 4 heteroatoms. The first kappa shape index (κ1) is 17.2. The lowest BCUT2D eigenvalue weighted by atomic mass is 9.96. The van der Waals surface area contributed by atoms with Gasteiger partial charge in [0.25, 0.3) is 0 Å². The minimum Gasteiger partial charge on any atom is -0.480 e. The molecular weight excluding hydrogens is 334 g/mol. The van der Waals surface area contributed by atoms with Crippen LogP contribution in [0.2, 0.25) is 5.02 Å². The number of nitrogens with one attached hydrogen (secondary N) is 1. The van der Waals surface area contributed by atoms with Gasteiger partial charge in [-0.2, -0.15) is 0 Å². The molecule has 1 atom stereocenters. The highest BCUT2D eigenvalue weighted by Gasteiger charge is 2.26. The topological polar surface area (TPSA) is 49.3 Å². The third-order valence-electron chi connectivity index (χ3n) is 4.06. The minimum atomic E-state index is -0.968. The van der Waals surface area contributed by atoms with Crippen molar-refractivity contribution in [3.63, 3.8) is 0 Å². The van der Waals surface area contributed by atoms with Crippen LogP contribution in [0.4, 0.5) is 0 Å². The Bertz CT molecular complexity index is 797. The molecule has 0 fully saturated rings. The van der Waals surface area contributed by atoms with Gasteiger partial charge < -0.3 is 5.11 Å². The number of rotatable bonds is 6. The summed E-state index contributed by atoms with van der Waals surface area (Å²) in [5.74, 6) is -0.968. The van der Waals surface area contributed by atoms with Crippen LogP contribution >= 0.6 is 11.6 Å². The second-order valence-electron chi connectivity index (χ2n) is 5.71. The lowest BCUT2D eigenvalue weighted by molar-refractivity contribution is -0.139. The molecule has 3 nitrogen and oxygen atoms in total. The van der Waals surface area contributed by atoms with E-state index in [1.165, 1.54) is 0 Å². The standard InChI is InChI=1S/C21H18ClNO2/c22-18-14-8-7-13-17(18)20(21(24)25)23-19(15-9-3-1-4-10-15)16-11-5-2-6-12-16/h1-14,19-20,23H,(H,24,25). The molecule has 0 aliphatic heterocycles. The molecule has 0 bridgehead atoms. The van der Waals surface area contributed by atoms with Crippen LogP contribution in [0.3, 0.4) is 0 Å². The van der Waals surface area contributed by atoms with Gasteiger partial charge in [-0.15, -0.1) is 0 Å². The highest BCUT2D eigenvalue weighted by Crippen LogP contribution is 2.29. The van der Waals surface area contributed by atoms with Gasteiger partial charge in [-0.3, -0.25) is 10.1 Å². The second kappa shape index (κ2) is 7.97. The van der Waals surface area contributed by atoms with E-state index >= 15 is 0 Å². The zero-order valence-electron chi connectivity index (χ0n) is 13.5. The molecule has 0 heterocycles. The fourth-order valence-electron chi connectivity index (χ4n) is 2.85. The van der Waals surface area contributed by atoms with Crippen LogP contribution in [-0.2, 0) is 4.79 Å². The van der Waals surface area contributed by atoms with Gasteiger partial charge in [0.15, 0.2) is 0 Å². The van der Waals surface area contributed by atoms with Crippen molar-refractivity contribution in [1.29, 1.82) is 0 Å². The van der Waals surface area contributed by atoms with Crippen LogP contribution in [0.25, 0.3) is 0 Å². The first-order valence-corrected chi connectivity index (χ1v) is 8.38. The van der Waals surface area contributed by atoms with E-state index in [1.54, 1.807) is 24.3 Å². The van der Waals surface area contributed by atoms with Gasteiger partial charge in [-0.1, -0.05) is 90.5 Å². The lowest BCUT2D eigenvalue weighted by Crippen LogP contribution is -2.32. The number of carboxylic acid groups (broad SMARTS) is 1. The predicted molar refractivity (Wildman–Crippen MR) is 99.7 cm³/mol. The Hall–Kier alpha value is -2.62. The molecule has 0 saturated carbocycles. The first-order valence-electron chi connectivity index (χ1n) is 8.00. The summed E-state index contributed by atoms with van der Waals surface area (Å²) in [6.45, 7) is 0. The molecule has 0 amide bonds. The van der Waals surface area contributed by atoms with Crippen molar-refractivity contribution in [3.8, 4) is 0 Å². The largest absolute Gasteiger partial charge is 0.480 e. The number of benzene rings is 3. The maximum atomic E-state index is 11.9. The Balaban J connectivity index is 2.01. The molecule has 3 aromatic carbocycles. The first-order chi connectivity index (χ1) is 12.2. The Labute approximate surface area is 151 Å². The summed E-state index contributed by atoms with van der Waals surface area (Å²) < 4.78 is 0. The zero-order chi connectivity index (χ0) is 17.6. The Kier molecular flexibility index (Phi) is 5.49. The van der Waals surface area contributed by atoms with E-state index in [4.69, 9.17) is 11.6 Å². The molecule has 0 aromatic heterocycles. The van der Waals surface area contributed by atoms with Gasteiger partial charge >= 0.3 is 5.97 Å². The van der Waals surface area contributed by atoms with E-state index in [0.29, 0.717) is 10.6 Å². The molecule has 3 aromatic rings. The molecule has 126 valence electrons. The lowest BCUT2D eigenvalue weighted by Gasteiger charge is -2.25. The fourth-order valence-corrected chi connectivity index (χ4v) is 3.09. The van der Waals surface area contributed by atoms with Crippen molar-refractivity contribution < 1.29 is 9.90 Å². The highest BCUT2D eigenvalue weighted by atomic mass is 35.5. The minimum absolute atomic E-state index is 0.264. The van der Waals surface area contributed by atoms with E-state index in [-0.39, 0.29) is 6.04 Å². The van der Waals surface area contributed by atoms with Gasteiger partial charge in [0.1, 0.15) is 6.04 Å². The van der Waals surface area contributed by atoms with Crippen LogP contribution in [0, 0.1) is 0 Å². The smallest absolute Gasteiger partial charge is 0.325 e. The molecule has 2 N–H and O–H groups in total. The summed E-state index contributed by atoms with van der Waals surface area (Å²) in [7, 11) is 0. The summed E-state index contributed by atoms with van der Waals surface area (Å²) in [6.07, 6.45) is 0. The van der Waals surface area contributed by atoms with Crippen molar-refractivity contribution >= 4 is 17.6 Å². The molecule has 0 saturated heterocycles. The zero-order valence-corrected chi connectivity index (χ0v) is 14.2. The predicted octanol–water partition coefficient (Wildman–Crippen LogP) is 4.84. The third-order valence-corrected chi connectivity index (χ3v) is 4.41. The normalized spacial score (nSPS) is 12.1. The van der Waals surface area contributed by atoms with Crippen molar-refractivity contribution in [2.45, 2.75) is 12.1 Å². The van der Waals surface area contributed by atoms with Crippen molar-refractivity contribution in [2.75, 3.05) is 0 Å². The molecule has 0 aliphatic rings. The van der Waals surface area contributed by atoms with E-state index in [9.17, 15) is 9.90 Å². The van der Waals surface area contributed by atoms with Crippen molar-refractivity contribution in [2.24, 2.45) is 0 Å². The molecule has 0 spiro atoms. The molecule has 3 rings (SSSR count). The van der Waals surface area contributed by atoms with Crippen LogP contribution in [0.1, 0.15) is 28.8 Å². The van der Waals surface area contributed by atoms with E-state index in [0.717, 1.165) is 11.1 Å².